The summed E-state index contributed by atoms with van der Waals surface area (Å²) in [7, 11) is 1.57. The average molecular weight is 333 g/mol. The topological polar surface area (TPSA) is 94.9 Å². The molecule has 2 aromatic rings. The number of methoxy groups -OCH3 is 1. The number of amides is 1. The first kappa shape index (κ1) is 18.1. The molecule has 0 atom stereocenters. The number of hydrogen-bond acceptors (Lipinski definition) is 6. The molecule has 1 amide bonds. The van der Waals surface area contributed by atoms with E-state index >= 15 is 0 Å². The molecule has 130 valence electrons. The number of hydrogen-bond donors (Lipinski definition) is 3. The maximum absolute atomic E-state index is 12.2. The van der Waals surface area contributed by atoms with Gasteiger partial charge in [0.1, 0.15) is 5.75 Å². The maximum Gasteiger partial charge on any atom is 0.225 e. The number of aromatic nitrogens is 1. The van der Waals surface area contributed by atoms with Crippen molar-refractivity contribution < 1.29 is 19.7 Å². The fourth-order valence-electron chi connectivity index (χ4n) is 2.47. The van der Waals surface area contributed by atoms with Crippen molar-refractivity contribution in [1.29, 1.82) is 0 Å². The molecule has 1 aromatic heterocycles. The number of ether oxygens (including phenoxy) is 1. The van der Waals surface area contributed by atoms with Crippen molar-refractivity contribution in [3.63, 3.8) is 0 Å². The van der Waals surface area contributed by atoms with Crippen molar-refractivity contribution in [2.24, 2.45) is 0 Å². The Hall–Kier alpha value is -2.22. The highest BCUT2D eigenvalue weighted by Gasteiger charge is 2.11. The number of rotatable bonds is 9. The minimum atomic E-state index is -0.156. The van der Waals surface area contributed by atoms with Gasteiger partial charge in [-0.25, -0.2) is 0 Å². The van der Waals surface area contributed by atoms with Gasteiger partial charge in [0.05, 0.1) is 31.5 Å². The number of nitrogens with zero attached hydrogens (tertiary/aromatic N) is 2. The third-order valence-corrected chi connectivity index (χ3v) is 3.68. The van der Waals surface area contributed by atoms with Crippen molar-refractivity contribution in [3.05, 3.63) is 30.5 Å². The summed E-state index contributed by atoms with van der Waals surface area (Å²) in [6.45, 7) is 1.30. The zero-order valence-corrected chi connectivity index (χ0v) is 13.7. The molecule has 0 spiro atoms. The van der Waals surface area contributed by atoms with Gasteiger partial charge in [-0.05, 0) is 12.1 Å². The van der Waals surface area contributed by atoms with Crippen molar-refractivity contribution in [2.75, 3.05) is 45.3 Å². The van der Waals surface area contributed by atoms with Crippen LogP contribution in [0, 0.1) is 0 Å². The highest BCUT2D eigenvalue weighted by Crippen LogP contribution is 2.27. The second kappa shape index (κ2) is 9.17. The number of nitrogens with one attached hydrogen (secondary N) is 1. The van der Waals surface area contributed by atoms with Gasteiger partial charge in [0, 0.05) is 43.7 Å². The van der Waals surface area contributed by atoms with Gasteiger partial charge in [-0.3, -0.25) is 14.7 Å². The van der Waals surface area contributed by atoms with Crippen LogP contribution in [-0.2, 0) is 4.79 Å². The molecule has 2 rings (SSSR count). The molecule has 1 aromatic carbocycles. The van der Waals surface area contributed by atoms with Crippen molar-refractivity contribution in [1.82, 2.24) is 9.88 Å². The normalized spacial score (nSPS) is 11.0. The summed E-state index contributed by atoms with van der Waals surface area (Å²) in [5.74, 6) is 0.490. The van der Waals surface area contributed by atoms with E-state index in [1.807, 2.05) is 23.1 Å². The summed E-state index contributed by atoms with van der Waals surface area (Å²) in [5.41, 5.74) is 1.31. The summed E-state index contributed by atoms with van der Waals surface area (Å²) >= 11 is 0. The third-order valence-electron chi connectivity index (χ3n) is 3.68. The highest BCUT2D eigenvalue weighted by atomic mass is 16.5. The van der Waals surface area contributed by atoms with Crippen LogP contribution in [-0.4, -0.2) is 66.0 Å². The third kappa shape index (κ3) is 4.89. The molecule has 0 aliphatic heterocycles. The Labute approximate surface area is 140 Å². The molecule has 7 heteroatoms. The Balaban J connectivity index is 2.07. The molecule has 0 unspecified atom stereocenters. The van der Waals surface area contributed by atoms with Crippen LogP contribution >= 0.6 is 0 Å². The standard InChI is InChI=1S/C17H23N3O4/c1-24-14-11-13-3-2-5-18-17(13)15(12-14)19-16(23)4-6-20(7-9-21)8-10-22/h2-3,5,11-12,21-22H,4,6-10H2,1H3,(H,19,23). The monoisotopic (exact) mass is 333 g/mol. The van der Waals surface area contributed by atoms with Crippen LogP contribution in [0.3, 0.4) is 0 Å². The molecule has 1 heterocycles. The minimum Gasteiger partial charge on any atom is -0.497 e. The molecule has 0 saturated carbocycles. The lowest BCUT2D eigenvalue weighted by Gasteiger charge is -2.19. The summed E-state index contributed by atoms with van der Waals surface area (Å²) in [4.78, 5) is 18.4. The number of carbonyl (C=O) groups is 1. The lowest BCUT2D eigenvalue weighted by Crippen LogP contribution is -2.32. The SMILES string of the molecule is COc1cc(NC(=O)CCN(CCO)CCO)c2ncccc2c1. The zero-order valence-electron chi connectivity index (χ0n) is 13.7. The van der Waals surface area contributed by atoms with Gasteiger partial charge in [-0.1, -0.05) is 6.07 Å². The summed E-state index contributed by atoms with van der Waals surface area (Å²) < 4.78 is 5.26. The van der Waals surface area contributed by atoms with Crippen LogP contribution in [0.25, 0.3) is 10.9 Å². The van der Waals surface area contributed by atoms with Gasteiger partial charge in [0.2, 0.25) is 5.91 Å². The minimum absolute atomic E-state index is 0.00788. The molecule has 3 N–H and O–H groups in total. The number of aliphatic hydroxyl groups excluding tert-OH is 2. The quantitative estimate of drug-likeness (QED) is 0.630. The molecular weight excluding hydrogens is 310 g/mol. The molecule has 0 aliphatic carbocycles. The molecule has 0 aliphatic rings. The van der Waals surface area contributed by atoms with E-state index < -0.39 is 0 Å². The second-order valence-electron chi connectivity index (χ2n) is 5.34. The Kier molecular flexibility index (Phi) is 6.92. The van der Waals surface area contributed by atoms with Crippen LogP contribution in [0.2, 0.25) is 0 Å². The van der Waals surface area contributed by atoms with Crippen LogP contribution in [0.5, 0.6) is 5.75 Å². The van der Waals surface area contributed by atoms with Crippen LogP contribution < -0.4 is 10.1 Å². The molecule has 7 nitrogen and oxygen atoms in total. The summed E-state index contributed by atoms with van der Waals surface area (Å²) in [6, 6.07) is 7.34. The predicted molar refractivity (Wildman–Crippen MR) is 92.2 cm³/mol. The maximum atomic E-state index is 12.2. The molecule has 24 heavy (non-hydrogen) atoms. The van der Waals surface area contributed by atoms with Gasteiger partial charge in [0.15, 0.2) is 0 Å². The van der Waals surface area contributed by atoms with Gasteiger partial charge in [-0.2, -0.15) is 0 Å². The molecule has 0 saturated heterocycles. The number of carbonyl (C=O) groups excluding carboxylic acids is 1. The molecular formula is C17H23N3O4. The molecule has 0 radical (unpaired) electrons. The fraction of sp³-hybridized carbons (Fsp3) is 0.412. The largest absolute Gasteiger partial charge is 0.497 e. The first-order valence-electron chi connectivity index (χ1n) is 7.84. The Morgan fingerprint density at radius 1 is 1.25 bits per heavy atom. The van der Waals surface area contributed by atoms with Gasteiger partial charge >= 0.3 is 0 Å². The van der Waals surface area contributed by atoms with E-state index in [-0.39, 0.29) is 25.5 Å². The van der Waals surface area contributed by atoms with Gasteiger partial charge < -0.3 is 20.3 Å². The van der Waals surface area contributed by atoms with E-state index in [0.717, 1.165) is 5.39 Å². The van der Waals surface area contributed by atoms with E-state index in [2.05, 4.69) is 10.3 Å². The number of fused-ring (bicyclic) bond motifs is 1. The van der Waals surface area contributed by atoms with Gasteiger partial charge in [-0.15, -0.1) is 0 Å². The number of anilines is 1. The number of aliphatic hydroxyl groups is 2. The summed E-state index contributed by atoms with van der Waals surface area (Å²) in [5, 5.41) is 21.7. The van der Waals surface area contributed by atoms with Crippen molar-refractivity contribution in [2.45, 2.75) is 6.42 Å². The lowest BCUT2D eigenvalue weighted by molar-refractivity contribution is -0.116. The Bertz CT molecular complexity index is 672. The van der Waals surface area contributed by atoms with Crippen molar-refractivity contribution >= 4 is 22.5 Å². The molecule has 0 bridgehead atoms. The number of benzene rings is 1. The predicted octanol–water partition coefficient (Wildman–Crippen LogP) is 0.859. The molecule has 0 fully saturated rings. The number of pyridine rings is 1. The van der Waals surface area contributed by atoms with E-state index in [1.165, 1.54) is 0 Å². The Morgan fingerprint density at radius 3 is 2.67 bits per heavy atom. The van der Waals surface area contributed by atoms with Crippen LogP contribution in [0.15, 0.2) is 30.5 Å². The van der Waals surface area contributed by atoms with E-state index in [1.54, 1.807) is 19.4 Å². The summed E-state index contributed by atoms with van der Waals surface area (Å²) in [6.07, 6.45) is 1.93. The second-order valence-corrected chi connectivity index (χ2v) is 5.34. The highest BCUT2D eigenvalue weighted by molar-refractivity contribution is 6.01. The first-order valence-corrected chi connectivity index (χ1v) is 7.84. The van der Waals surface area contributed by atoms with Crippen LogP contribution in [0.1, 0.15) is 6.42 Å². The lowest BCUT2D eigenvalue weighted by atomic mass is 10.1. The Morgan fingerprint density at radius 2 is 2.00 bits per heavy atom. The van der Waals surface area contributed by atoms with Crippen molar-refractivity contribution in [3.8, 4) is 5.75 Å². The average Bonchev–Trinajstić information content (AvgIpc) is 2.60. The van der Waals surface area contributed by atoms with Gasteiger partial charge in [0.25, 0.3) is 0 Å². The zero-order chi connectivity index (χ0) is 17.4. The van der Waals surface area contributed by atoms with Crippen LogP contribution in [0.4, 0.5) is 5.69 Å². The van der Waals surface area contributed by atoms with E-state index in [0.29, 0.717) is 36.6 Å². The fourth-order valence-corrected chi connectivity index (χ4v) is 2.47. The van der Waals surface area contributed by atoms with E-state index in [9.17, 15) is 4.79 Å². The smallest absolute Gasteiger partial charge is 0.225 e. The van der Waals surface area contributed by atoms with E-state index in [4.69, 9.17) is 14.9 Å². The first-order chi connectivity index (χ1) is 11.7.